The number of hydrogen-bond acceptors (Lipinski definition) is 5. The van der Waals surface area contributed by atoms with Gasteiger partial charge >= 0.3 is 6.18 Å². The number of nitrogens with one attached hydrogen (secondary N) is 1. The Hall–Kier alpha value is -2.81. The summed E-state index contributed by atoms with van der Waals surface area (Å²) < 4.78 is 52.4. The molecule has 0 bridgehead atoms. The molecule has 5 nitrogen and oxygen atoms in total. The number of nitrogens with two attached hydrogens (primary N) is 1. The van der Waals surface area contributed by atoms with Crippen molar-refractivity contribution in [1.82, 2.24) is 10.3 Å². The van der Waals surface area contributed by atoms with Crippen LogP contribution >= 0.6 is 0 Å². The summed E-state index contributed by atoms with van der Waals surface area (Å²) in [6.07, 6.45) is -0.421. The smallest absolute Gasteiger partial charge is 0.323 e. The third kappa shape index (κ3) is 5.17. The molecule has 1 unspecified atom stereocenters. The van der Waals surface area contributed by atoms with Crippen LogP contribution in [0.5, 0.6) is 0 Å². The maximum absolute atomic E-state index is 13.6. The summed E-state index contributed by atoms with van der Waals surface area (Å²) in [4.78, 5) is 8.76. The van der Waals surface area contributed by atoms with Crippen LogP contribution in [0.1, 0.15) is 36.0 Å². The topological polar surface area (TPSA) is 75.7 Å². The van der Waals surface area contributed by atoms with Crippen LogP contribution in [0.25, 0.3) is 0 Å². The number of alkyl halides is 3. The van der Waals surface area contributed by atoms with Crippen molar-refractivity contribution in [3.8, 4) is 0 Å². The average molecular weight is 407 g/mol. The van der Waals surface area contributed by atoms with Gasteiger partial charge in [0.1, 0.15) is 5.82 Å². The molecule has 1 fully saturated rings. The third-order valence-electron chi connectivity index (χ3n) is 4.77. The zero-order valence-corrected chi connectivity index (χ0v) is 15.8. The van der Waals surface area contributed by atoms with E-state index >= 15 is 0 Å². The number of aromatic nitrogens is 1. The van der Waals surface area contributed by atoms with Gasteiger partial charge in [0.2, 0.25) is 0 Å². The normalized spacial score (nSPS) is 20.4. The highest BCUT2D eigenvalue weighted by molar-refractivity contribution is 6.45. The predicted octanol–water partition coefficient (Wildman–Crippen LogP) is 3.99. The second kappa shape index (κ2) is 8.69. The maximum atomic E-state index is 13.6. The number of halogens is 4. The van der Waals surface area contributed by atoms with E-state index in [1.54, 1.807) is 12.1 Å². The summed E-state index contributed by atoms with van der Waals surface area (Å²) in [5.41, 5.74) is 1.29. The first-order chi connectivity index (χ1) is 13.8. The van der Waals surface area contributed by atoms with Crippen LogP contribution < -0.4 is 11.2 Å². The van der Waals surface area contributed by atoms with Gasteiger partial charge in [-0.3, -0.25) is 0 Å². The Labute approximate surface area is 165 Å². The molecule has 3 rings (SSSR count). The van der Waals surface area contributed by atoms with Crippen LogP contribution in [0.3, 0.4) is 0 Å². The lowest BCUT2D eigenvalue weighted by Gasteiger charge is -2.24. The Balaban J connectivity index is 1.86. The first-order valence-corrected chi connectivity index (χ1v) is 9.14. The number of nitrogens with zero attached hydrogens (tertiary/aromatic N) is 3. The largest absolute Gasteiger partial charge is 0.416 e. The van der Waals surface area contributed by atoms with Gasteiger partial charge in [-0.05, 0) is 74.2 Å². The fourth-order valence-corrected chi connectivity index (χ4v) is 3.42. The lowest BCUT2D eigenvalue weighted by atomic mass is 9.91. The van der Waals surface area contributed by atoms with Gasteiger partial charge in [-0.15, -0.1) is 0 Å². The standard InChI is InChI=1S/C20H21F4N5/c1-26-16-3-2-4-17(19(16)29-25)28-18-10-12(5-6-27-18)7-13-8-14(20(22,23)24)11-15(21)9-13/h5-6,8-11,16,26H,2-4,7,25H2,1H3/b28-17?,29-19-. The first-order valence-electron chi connectivity index (χ1n) is 9.14. The van der Waals surface area contributed by atoms with Crippen LogP contribution in [0, 0.1) is 5.82 Å². The molecule has 1 heterocycles. The molecule has 2 aromatic rings. The Morgan fingerprint density at radius 1 is 1.21 bits per heavy atom. The van der Waals surface area contributed by atoms with Crippen LogP contribution in [0.15, 0.2) is 46.6 Å². The van der Waals surface area contributed by atoms with Gasteiger partial charge in [-0.25, -0.2) is 14.4 Å². The van der Waals surface area contributed by atoms with E-state index in [9.17, 15) is 17.6 Å². The van der Waals surface area contributed by atoms with Gasteiger partial charge in [-0.1, -0.05) is 0 Å². The molecule has 154 valence electrons. The molecule has 1 saturated carbocycles. The highest BCUT2D eigenvalue weighted by Crippen LogP contribution is 2.31. The van der Waals surface area contributed by atoms with Gasteiger partial charge in [0.05, 0.1) is 23.0 Å². The van der Waals surface area contributed by atoms with E-state index in [-0.39, 0.29) is 18.0 Å². The van der Waals surface area contributed by atoms with Crippen molar-refractivity contribution in [1.29, 1.82) is 0 Å². The average Bonchev–Trinajstić information content (AvgIpc) is 2.67. The van der Waals surface area contributed by atoms with Gasteiger partial charge in [0.15, 0.2) is 5.82 Å². The van der Waals surface area contributed by atoms with Gasteiger partial charge in [0, 0.05) is 6.20 Å². The molecule has 29 heavy (non-hydrogen) atoms. The maximum Gasteiger partial charge on any atom is 0.416 e. The molecule has 0 saturated heterocycles. The van der Waals surface area contributed by atoms with Crippen LogP contribution in [-0.4, -0.2) is 29.5 Å². The molecule has 3 N–H and O–H groups in total. The molecule has 9 heteroatoms. The van der Waals surface area contributed by atoms with Crippen molar-refractivity contribution in [2.24, 2.45) is 15.9 Å². The summed E-state index contributed by atoms with van der Waals surface area (Å²) in [6.45, 7) is 0. The van der Waals surface area contributed by atoms with E-state index in [4.69, 9.17) is 5.84 Å². The number of aliphatic imine (C=N–C) groups is 1. The van der Waals surface area contributed by atoms with E-state index in [0.717, 1.165) is 30.7 Å². The van der Waals surface area contributed by atoms with Crippen molar-refractivity contribution < 1.29 is 17.6 Å². The summed E-state index contributed by atoms with van der Waals surface area (Å²) in [7, 11) is 1.83. The lowest BCUT2D eigenvalue weighted by molar-refractivity contribution is -0.137. The molecule has 1 aromatic heterocycles. The Kier molecular flexibility index (Phi) is 6.26. The highest BCUT2D eigenvalue weighted by Gasteiger charge is 2.31. The number of hydrogen-bond donors (Lipinski definition) is 2. The number of rotatable bonds is 4. The Morgan fingerprint density at radius 3 is 2.69 bits per heavy atom. The molecule has 0 amide bonds. The second-order valence-corrected chi connectivity index (χ2v) is 6.85. The summed E-state index contributed by atoms with van der Waals surface area (Å²) in [5.74, 6) is 5.01. The van der Waals surface area contributed by atoms with E-state index in [1.165, 1.54) is 6.20 Å². The van der Waals surface area contributed by atoms with Gasteiger partial charge in [0.25, 0.3) is 0 Å². The molecule has 0 spiro atoms. The summed E-state index contributed by atoms with van der Waals surface area (Å²) >= 11 is 0. The summed E-state index contributed by atoms with van der Waals surface area (Å²) in [6, 6.07) is 5.89. The van der Waals surface area contributed by atoms with E-state index in [0.29, 0.717) is 29.6 Å². The molecule has 0 aliphatic heterocycles. The van der Waals surface area contributed by atoms with Crippen molar-refractivity contribution in [3.63, 3.8) is 0 Å². The molecule has 1 aliphatic carbocycles. The first kappa shape index (κ1) is 20.9. The molecule has 0 radical (unpaired) electrons. The van der Waals surface area contributed by atoms with Crippen LogP contribution in [0.2, 0.25) is 0 Å². The predicted molar refractivity (Wildman–Crippen MR) is 104 cm³/mol. The van der Waals surface area contributed by atoms with E-state index in [1.807, 2.05) is 7.05 Å². The van der Waals surface area contributed by atoms with Crippen LogP contribution in [-0.2, 0) is 12.6 Å². The zero-order valence-electron chi connectivity index (χ0n) is 15.8. The second-order valence-electron chi connectivity index (χ2n) is 6.85. The van der Waals surface area contributed by atoms with Crippen LogP contribution in [0.4, 0.5) is 23.4 Å². The zero-order chi connectivity index (χ0) is 21.0. The fourth-order valence-electron chi connectivity index (χ4n) is 3.42. The minimum Gasteiger partial charge on any atom is -0.323 e. The molecule has 1 aromatic carbocycles. The Bertz CT molecular complexity index is 937. The minimum atomic E-state index is -4.60. The molecular formula is C20H21F4N5. The fraction of sp³-hybridized carbons (Fsp3) is 0.350. The van der Waals surface area contributed by atoms with E-state index in [2.05, 4.69) is 20.4 Å². The molecular weight excluding hydrogens is 386 g/mol. The monoisotopic (exact) mass is 407 g/mol. The van der Waals surface area contributed by atoms with Gasteiger partial charge in [-0.2, -0.15) is 18.3 Å². The van der Waals surface area contributed by atoms with E-state index < -0.39 is 17.6 Å². The quantitative estimate of drug-likeness (QED) is 0.457. The molecule has 1 aliphatic rings. The third-order valence-corrected chi connectivity index (χ3v) is 4.77. The Morgan fingerprint density at radius 2 is 2.00 bits per heavy atom. The highest BCUT2D eigenvalue weighted by atomic mass is 19.4. The lowest BCUT2D eigenvalue weighted by Crippen LogP contribution is -2.42. The van der Waals surface area contributed by atoms with Crippen molar-refractivity contribution in [2.75, 3.05) is 7.05 Å². The van der Waals surface area contributed by atoms with Crippen molar-refractivity contribution in [3.05, 3.63) is 59.0 Å². The van der Waals surface area contributed by atoms with Gasteiger partial charge < -0.3 is 11.2 Å². The molecule has 1 atom stereocenters. The SMILES string of the molecule is CNC1CCCC(=Nc2cc(Cc3cc(F)cc(C(F)(F)F)c3)ccn2)/C1=N\N. The summed E-state index contributed by atoms with van der Waals surface area (Å²) in [5, 5.41) is 7.01. The number of benzene rings is 1. The van der Waals surface area contributed by atoms with Crippen molar-refractivity contribution in [2.45, 2.75) is 37.9 Å². The minimum absolute atomic E-state index is 0.0174. The van der Waals surface area contributed by atoms with Crippen molar-refractivity contribution >= 4 is 17.2 Å². The number of pyridine rings is 1. The number of hydrazone groups is 1.